The summed E-state index contributed by atoms with van der Waals surface area (Å²) in [5.41, 5.74) is 1.03. The van der Waals surface area contributed by atoms with Crippen LogP contribution in [0.5, 0.6) is 0 Å². The normalized spacial score (nSPS) is 17.2. The molecule has 2 aromatic carbocycles. The second-order valence-corrected chi connectivity index (χ2v) is 6.57. The fraction of sp³-hybridized carbons (Fsp3) is 0. The molecule has 0 saturated carbocycles. The SMILES string of the molecule is O=C1NC(=Nc2ccccc2Cl)S/C1=C\C=C\c1ccccc1[N+](=O)[O-]. The van der Waals surface area contributed by atoms with E-state index in [0.717, 1.165) is 0 Å². The number of para-hydroxylation sites is 2. The molecule has 0 radical (unpaired) electrons. The molecule has 1 fully saturated rings. The van der Waals surface area contributed by atoms with Crippen molar-refractivity contribution in [1.82, 2.24) is 5.32 Å². The Morgan fingerprint density at radius 2 is 1.88 bits per heavy atom. The molecule has 26 heavy (non-hydrogen) atoms. The van der Waals surface area contributed by atoms with Crippen LogP contribution >= 0.6 is 23.4 Å². The molecule has 0 unspecified atom stereocenters. The van der Waals surface area contributed by atoms with Crippen LogP contribution < -0.4 is 5.32 Å². The van der Waals surface area contributed by atoms with Crippen LogP contribution in [0.3, 0.4) is 0 Å². The lowest BCUT2D eigenvalue weighted by atomic mass is 10.1. The molecule has 1 aliphatic rings. The molecule has 1 saturated heterocycles. The molecule has 1 heterocycles. The Bertz CT molecular complexity index is 970. The summed E-state index contributed by atoms with van der Waals surface area (Å²) in [5.74, 6) is -0.284. The Morgan fingerprint density at radius 3 is 2.65 bits per heavy atom. The smallest absolute Gasteiger partial charge is 0.276 e. The first-order chi connectivity index (χ1) is 12.5. The Labute approximate surface area is 158 Å². The van der Waals surface area contributed by atoms with Crippen LogP contribution in [0.15, 0.2) is 70.6 Å². The van der Waals surface area contributed by atoms with E-state index in [0.29, 0.717) is 26.3 Å². The fourth-order valence-electron chi connectivity index (χ4n) is 2.18. The summed E-state index contributed by atoms with van der Waals surface area (Å²) in [4.78, 5) is 27.3. The number of nitro groups is 1. The number of thioether (sulfide) groups is 1. The molecule has 0 bridgehead atoms. The van der Waals surface area contributed by atoms with Crippen molar-refractivity contribution in [3.8, 4) is 0 Å². The van der Waals surface area contributed by atoms with Gasteiger partial charge in [-0.15, -0.1) is 0 Å². The summed E-state index contributed by atoms with van der Waals surface area (Å²) in [7, 11) is 0. The van der Waals surface area contributed by atoms with Crippen LogP contribution in [0.4, 0.5) is 11.4 Å². The summed E-state index contributed by atoms with van der Waals surface area (Å²) >= 11 is 7.23. The highest BCUT2D eigenvalue weighted by Crippen LogP contribution is 2.29. The number of hydrogen-bond donors (Lipinski definition) is 1. The van der Waals surface area contributed by atoms with E-state index in [1.165, 1.54) is 17.8 Å². The molecule has 0 aromatic heterocycles. The molecule has 0 aliphatic carbocycles. The van der Waals surface area contributed by atoms with Gasteiger partial charge in [0.1, 0.15) is 0 Å². The number of nitro benzene ring substituents is 1. The summed E-state index contributed by atoms with van der Waals surface area (Å²) in [6.07, 6.45) is 4.77. The Hall–Kier alpha value is -2.90. The van der Waals surface area contributed by atoms with Gasteiger partial charge in [0.2, 0.25) is 0 Å². The number of halogens is 1. The minimum Gasteiger partial charge on any atom is -0.300 e. The lowest BCUT2D eigenvalue weighted by Crippen LogP contribution is -2.19. The van der Waals surface area contributed by atoms with Crippen molar-refractivity contribution in [3.63, 3.8) is 0 Å². The van der Waals surface area contributed by atoms with Crippen molar-refractivity contribution in [2.45, 2.75) is 0 Å². The van der Waals surface area contributed by atoms with Crippen LogP contribution in [-0.2, 0) is 4.79 Å². The third-order valence-corrected chi connectivity index (χ3v) is 4.63. The Morgan fingerprint density at radius 1 is 1.15 bits per heavy atom. The van der Waals surface area contributed by atoms with E-state index in [1.807, 2.05) is 0 Å². The molecule has 1 amide bonds. The average Bonchev–Trinajstić information content (AvgIpc) is 2.97. The molecule has 8 heteroatoms. The summed E-state index contributed by atoms with van der Waals surface area (Å²) in [6.45, 7) is 0. The number of amides is 1. The number of carbonyl (C=O) groups excluding carboxylic acids is 1. The van der Waals surface area contributed by atoms with Gasteiger partial charge in [0.15, 0.2) is 5.17 Å². The third-order valence-electron chi connectivity index (χ3n) is 3.38. The number of amidine groups is 1. The van der Waals surface area contributed by atoms with Crippen LogP contribution in [0.1, 0.15) is 5.56 Å². The highest BCUT2D eigenvalue weighted by Gasteiger charge is 2.23. The maximum atomic E-state index is 12.0. The maximum absolute atomic E-state index is 12.0. The van der Waals surface area contributed by atoms with Crippen LogP contribution in [0.25, 0.3) is 6.08 Å². The van der Waals surface area contributed by atoms with E-state index in [2.05, 4.69) is 10.3 Å². The van der Waals surface area contributed by atoms with E-state index >= 15 is 0 Å². The number of nitrogens with zero attached hydrogens (tertiary/aromatic N) is 2. The van der Waals surface area contributed by atoms with Crippen molar-refractivity contribution in [2.24, 2.45) is 4.99 Å². The van der Waals surface area contributed by atoms with Crippen molar-refractivity contribution < 1.29 is 9.72 Å². The first-order valence-corrected chi connectivity index (χ1v) is 8.68. The number of aliphatic imine (C=N–C) groups is 1. The van der Waals surface area contributed by atoms with Gasteiger partial charge in [0.25, 0.3) is 11.6 Å². The summed E-state index contributed by atoms with van der Waals surface area (Å²) < 4.78 is 0. The van der Waals surface area contributed by atoms with Gasteiger partial charge in [-0.2, -0.15) is 0 Å². The summed E-state index contributed by atoms with van der Waals surface area (Å²) in [5, 5.41) is 14.6. The molecular formula is C18H12ClN3O3S. The Kier molecular flexibility index (Phi) is 5.50. The lowest BCUT2D eigenvalue weighted by molar-refractivity contribution is -0.385. The van der Waals surface area contributed by atoms with Crippen molar-refractivity contribution in [1.29, 1.82) is 0 Å². The van der Waals surface area contributed by atoms with Gasteiger partial charge >= 0.3 is 0 Å². The summed E-state index contributed by atoms with van der Waals surface area (Å²) in [6, 6.07) is 13.4. The van der Waals surface area contributed by atoms with Gasteiger partial charge in [0.05, 0.1) is 26.1 Å². The van der Waals surface area contributed by atoms with Crippen LogP contribution in [-0.4, -0.2) is 16.0 Å². The van der Waals surface area contributed by atoms with Gasteiger partial charge in [-0.25, -0.2) is 4.99 Å². The maximum Gasteiger partial charge on any atom is 0.276 e. The average molecular weight is 386 g/mol. The number of hydrogen-bond acceptors (Lipinski definition) is 5. The van der Waals surface area contributed by atoms with Crippen molar-refractivity contribution in [2.75, 3.05) is 0 Å². The monoisotopic (exact) mass is 385 g/mol. The highest BCUT2D eigenvalue weighted by atomic mass is 35.5. The predicted molar refractivity (Wildman–Crippen MR) is 104 cm³/mol. The second-order valence-electron chi connectivity index (χ2n) is 5.13. The number of rotatable bonds is 4. The molecule has 6 nitrogen and oxygen atoms in total. The van der Waals surface area contributed by atoms with Crippen molar-refractivity contribution >= 4 is 51.9 Å². The van der Waals surface area contributed by atoms with E-state index in [9.17, 15) is 14.9 Å². The number of nitrogens with one attached hydrogen (secondary N) is 1. The van der Waals surface area contributed by atoms with Gasteiger partial charge in [-0.1, -0.05) is 41.9 Å². The van der Waals surface area contributed by atoms with Crippen LogP contribution in [0, 0.1) is 10.1 Å². The first-order valence-electron chi connectivity index (χ1n) is 7.49. The molecule has 3 rings (SSSR count). The second kappa shape index (κ2) is 7.99. The lowest BCUT2D eigenvalue weighted by Gasteiger charge is -1.98. The van der Waals surface area contributed by atoms with Gasteiger partial charge in [0, 0.05) is 6.07 Å². The highest BCUT2D eigenvalue weighted by molar-refractivity contribution is 8.18. The molecule has 1 N–H and O–H groups in total. The van der Waals surface area contributed by atoms with E-state index in [1.54, 1.807) is 60.7 Å². The molecule has 2 aromatic rings. The van der Waals surface area contributed by atoms with Gasteiger partial charge in [-0.05, 0) is 42.1 Å². The Balaban J connectivity index is 1.78. The topological polar surface area (TPSA) is 84.6 Å². The van der Waals surface area contributed by atoms with E-state index < -0.39 is 4.92 Å². The molecule has 1 aliphatic heterocycles. The molecular weight excluding hydrogens is 374 g/mol. The van der Waals surface area contributed by atoms with E-state index in [-0.39, 0.29) is 11.6 Å². The fourth-order valence-corrected chi connectivity index (χ4v) is 3.15. The van der Waals surface area contributed by atoms with Gasteiger partial charge in [-0.3, -0.25) is 14.9 Å². The minimum atomic E-state index is -0.446. The van der Waals surface area contributed by atoms with Crippen molar-refractivity contribution in [3.05, 3.63) is 86.3 Å². The zero-order valence-electron chi connectivity index (χ0n) is 13.3. The first kappa shape index (κ1) is 17.9. The molecule has 0 spiro atoms. The number of benzene rings is 2. The molecule has 130 valence electrons. The molecule has 0 atom stereocenters. The standard InChI is InChI=1S/C18H12ClN3O3S/c19-13-8-2-3-9-14(13)20-18-21-17(23)16(26-18)11-5-7-12-6-1-4-10-15(12)22(24)25/h1-11H,(H,20,21,23)/b7-5+,16-11-. The largest absolute Gasteiger partial charge is 0.300 e. The number of allylic oxidation sites excluding steroid dienone is 2. The number of carbonyl (C=O) groups is 1. The zero-order valence-corrected chi connectivity index (χ0v) is 14.8. The quantitative estimate of drug-likeness (QED) is 0.469. The van der Waals surface area contributed by atoms with Crippen LogP contribution in [0.2, 0.25) is 5.02 Å². The third kappa shape index (κ3) is 4.19. The predicted octanol–water partition coefficient (Wildman–Crippen LogP) is 4.70. The van der Waals surface area contributed by atoms with Gasteiger partial charge < -0.3 is 5.32 Å². The van der Waals surface area contributed by atoms with E-state index in [4.69, 9.17) is 11.6 Å². The zero-order chi connectivity index (χ0) is 18.5. The minimum absolute atomic E-state index is 0.00616.